The van der Waals surface area contributed by atoms with Crippen molar-refractivity contribution in [3.05, 3.63) is 23.8 Å². The Bertz CT molecular complexity index is 517. The van der Waals surface area contributed by atoms with Crippen LogP contribution in [0.2, 0.25) is 0 Å². The van der Waals surface area contributed by atoms with Crippen molar-refractivity contribution in [1.29, 1.82) is 0 Å². The lowest BCUT2D eigenvalue weighted by Gasteiger charge is -2.21. The van der Waals surface area contributed by atoms with E-state index in [1.807, 2.05) is 0 Å². The molecule has 19 heavy (non-hydrogen) atoms. The van der Waals surface area contributed by atoms with Crippen molar-refractivity contribution in [2.75, 3.05) is 24.4 Å². The van der Waals surface area contributed by atoms with Gasteiger partial charge in [-0.05, 0) is 18.1 Å². The maximum Gasteiger partial charge on any atom is 0.337 e. The van der Waals surface area contributed by atoms with Crippen LogP contribution < -0.4 is 9.64 Å². The molecule has 1 atom stereocenters. The Hall–Kier alpha value is -1.75. The minimum Gasteiger partial charge on any atom is -0.495 e. The lowest BCUT2D eigenvalue weighted by atomic mass is 10.1. The van der Waals surface area contributed by atoms with Crippen LogP contribution in [0, 0.1) is 5.92 Å². The highest BCUT2D eigenvalue weighted by Crippen LogP contribution is 2.36. The van der Waals surface area contributed by atoms with Gasteiger partial charge in [-0.15, -0.1) is 11.6 Å². The summed E-state index contributed by atoms with van der Waals surface area (Å²) in [4.78, 5) is 24.7. The molecule has 1 aromatic carbocycles. The van der Waals surface area contributed by atoms with Gasteiger partial charge in [-0.2, -0.15) is 0 Å². The minimum atomic E-state index is -1.09. The lowest BCUT2D eigenvalue weighted by molar-refractivity contribution is -0.117. The van der Waals surface area contributed by atoms with Crippen LogP contribution in [0.15, 0.2) is 18.2 Å². The molecule has 1 amide bonds. The second-order valence-electron chi connectivity index (χ2n) is 4.39. The summed E-state index contributed by atoms with van der Waals surface area (Å²) in [5, 5.41) is 9.24. The fourth-order valence-corrected chi connectivity index (χ4v) is 2.45. The molecule has 6 heteroatoms. The monoisotopic (exact) mass is 283 g/mol. The zero-order valence-corrected chi connectivity index (χ0v) is 11.2. The molecule has 5 nitrogen and oxygen atoms in total. The molecule has 0 aliphatic carbocycles. The number of methoxy groups -OCH3 is 1. The van der Waals surface area contributed by atoms with Crippen molar-refractivity contribution in [1.82, 2.24) is 0 Å². The van der Waals surface area contributed by atoms with Crippen LogP contribution in [-0.4, -0.2) is 36.5 Å². The van der Waals surface area contributed by atoms with Crippen LogP contribution in [0.1, 0.15) is 16.8 Å². The predicted octanol–water partition coefficient (Wildman–Crippen LogP) is 1.99. The number of aromatic carboxylic acids is 1. The van der Waals surface area contributed by atoms with E-state index in [0.29, 0.717) is 30.3 Å². The van der Waals surface area contributed by atoms with Gasteiger partial charge in [0.05, 0.1) is 12.7 Å². The number of amides is 1. The van der Waals surface area contributed by atoms with Crippen molar-refractivity contribution < 1.29 is 19.4 Å². The highest BCUT2D eigenvalue weighted by molar-refractivity contribution is 6.18. The van der Waals surface area contributed by atoms with Crippen LogP contribution in [0.5, 0.6) is 5.75 Å². The molecule has 1 saturated heterocycles. The van der Waals surface area contributed by atoms with Crippen molar-refractivity contribution in [3.63, 3.8) is 0 Å². The van der Waals surface area contributed by atoms with E-state index in [4.69, 9.17) is 16.3 Å². The summed E-state index contributed by atoms with van der Waals surface area (Å²) in [5.74, 6) is -0.419. The number of halogens is 1. The Balaban J connectivity index is 2.48. The largest absolute Gasteiger partial charge is 0.495 e. The van der Waals surface area contributed by atoms with Gasteiger partial charge in [0.15, 0.2) is 0 Å². The third-order valence-electron chi connectivity index (χ3n) is 3.14. The molecule has 0 aromatic heterocycles. The number of carboxylic acid groups (broad SMARTS) is 1. The second-order valence-corrected chi connectivity index (χ2v) is 4.70. The number of alkyl halides is 1. The van der Waals surface area contributed by atoms with Gasteiger partial charge in [0.25, 0.3) is 0 Å². The van der Waals surface area contributed by atoms with Gasteiger partial charge < -0.3 is 14.7 Å². The van der Waals surface area contributed by atoms with Crippen molar-refractivity contribution in [2.24, 2.45) is 5.92 Å². The number of carbonyl (C=O) groups excluding carboxylic acids is 1. The van der Waals surface area contributed by atoms with E-state index >= 15 is 0 Å². The van der Waals surface area contributed by atoms with E-state index in [0.717, 1.165) is 0 Å². The van der Waals surface area contributed by atoms with Crippen LogP contribution >= 0.6 is 11.6 Å². The Morgan fingerprint density at radius 3 is 2.84 bits per heavy atom. The zero-order valence-electron chi connectivity index (χ0n) is 10.4. The molecule has 1 N–H and O–H groups in total. The van der Waals surface area contributed by atoms with Crippen molar-refractivity contribution in [2.45, 2.75) is 6.42 Å². The third-order valence-corrected chi connectivity index (χ3v) is 3.58. The predicted molar refractivity (Wildman–Crippen MR) is 71.1 cm³/mol. The first-order valence-electron chi connectivity index (χ1n) is 5.85. The van der Waals surface area contributed by atoms with Crippen LogP contribution in [-0.2, 0) is 4.79 Å². The number of nitrogens with zero attached hydrogens (tertiary/aromatic N) is 1. The quantitative estimate of drug-likeness (QED) is 0.858. The minimum absolute atomic E-state index is 0.0423. The van der Waals surface area contributed by atoms with Crippen LogP contribution in [0.4, 0.5) is 5.69 Å². The first-order chi connectivity index (χ1) is 9.08. The molecule has 1 aliphatic heterocycles. The van der Waals surface area contributed by atoms with Gasteiger partial charge in [-0.3, -0.25) is 4.79 Å². The number of hydrogen-bond acceptors (Lipinski definition) is 3. The van der Waals surface area contributed by atoms with E-state index in [2.05, 4.69) is 0 Å². The summed E-state index contributed by atoms with van der Waals surface area (Å²) in [5.41, 5.74) is 0.373. The summed E-state index contributed by atoms with van der Waals surface area (Å²) in [7, 11) is 1.45. The van der Waals surface area contributed by atoms with E-state index < -0.39 is 5.97 Å². The van der Waals surface area contributed by atoms with Crippen molar-refractivity contribution in [3.8, 4) is 5.75 Å². The number of benzene rings is 1. The van der Waals surface area contributed by atoms with E-state index in [1.54, 1.807) is 12.1 Å². The topological polar surface area (TPSA) is 66.8 Å². The Kier molecular flexibility index (Phi) is 3.95. The molecular weight excluding hydrogens is 270 g/mol. The summed E-state index contributed by atoms with van der Waals surface area (Å²) < 4.78 is 5.18. The molecule has 0 saturated carbocycles. The Morgan fingerprint density at radius 2 is 2.32 bits per heavy atom. The molecule has 0 spiro atoms. The first-order valence-corrected chi connectivity index (χ1v) is 6.38. The molecule has 102 valence electrons. The molecule has 1 unspecified atom stereocenters. The summed E-state index contributed by atoms with van der Waals surface area (Å²) >= 11 is 5.78. The normalized spacial score (nSPS) is 18.7. The maximum atomic E-state index is 12.0. The average Bonchev–Trinajstić information content (AvgIpc) is 2.78. The number of anilines is 1. The van der Waals surface area contributed by atoms with E-state index in [-0.39, 0.29) is 17.4 Å². The van der Waals surface area contributed by atoms with Gasteiger partial charge in [-0.25, -0.2) is 4.79 Å². The number of ether oxygens (including phenoxy) is 1. The SMILES string of the molecule is COc1cccc(C(=O)O)c1N1CC(CCl)CC1=O. The summed E-state index contributed by atoms with van der Waals surface area (Å²) in [6.07, 6.45) is 0.334. The molecule has 1 aliphatic rings. The number of para-hydroxylation sites is 1. The molecule has 0 bridgehead atoms. The van der Waals surface area contributed by atoms with Gasteiger partial charge in [0, 0.05) is 18.8 Å². The molecule has 2 rings (SSSR count). The highest BCUT2D eigenvalue weighted by Gasteiger charge is 2.34. The first kappa shape index (κ1) is 13.7. The number of hydrogen-bond donors (Lipinski definition) is 1. The number of carboxylic acids is 1. The Labute approximate surface area is 115 Å². The van der Waals surface area contributed by atoms with Gasteiger partial charge in [0.2, 0.25) is 5.91 Å². The van der Waals surface area contributed by atoms with Gasteiger partial charge in [-0.1, -0.05) is 6.07 Å². The molecule has 1 aromatic rings. The van der Waals surface area contributed by atoms with Crippen LogP contribution in [0.25, 0.3) is 0 Å². The fraction of sp³-hybridized carbons (Fsp3) is 0.385. The number of rotatable bonds is 4. The van der Waals surface area contributed by atoms with Crippen LogP contribution in [0.3, 0.4) is 0 Å². The third kappa shape index (κ3) is 2.51. The average molecular weight is 284 g/mol. The smallest absolute Gasteiger partial charge is 0.337 e. The standard InChI is InChI=1S/C13H14ClNO4/c1-19-10-4-2-3-9(13(17)18)12(10)15-7-8(6-14)5-11(15)16/h2-4,8H,5-7H2,1H3,(H,17,18). The molecule has 1 fully saturated rings. The van der Waals surface area contributed by atoms with Gasteiger partial charge >= 0.3 is 5.97 Å². The number of carbonyl (C=O) groups is 2. The summed E-state index contributed by atoms with van der Waals surface area (Å²) in [6, 6.07) is 4.69. The molecular formula is C13H14ClNO4. The molecule has 0 radical (unpaired) electrons. The zero-order chi connectivity index (χ0) is 14.0. The summed E-state index contributed by atoms with van der Waals surface area (Å²) in [6.45, 7) is 0.420. The molecule has 1 heterocycles. The lowest BCUT2D eigenvalue weighted by Crippen LogP contribution is -2.27. The fourth-order valence-electron chi connectivity index (χ4n) is 2.24. The maximum absolute atomic E-state index is 12.0. The Morgan fingerprint density at radius 1 is 1.58 bits per heavy atom. The van der Waals surface area contributed by atoms with E-state index in [9.17, 15) is 14.7 Å². The highest BCUT2D eigenvalue weighted by atomic mass is 35.5. The van der Waals surface area contributed by atoms with Gasteiger partial charge in [0.1, 0.15) is 11.4 Å². The van der Waals surface area contributed by atoms with Crippen molar-refractivity contribution >= 4 is 29.2 Å². The second kappa shape index (κ2) is 5.48. The van der Waals surface area contributed by atoms with E-state index in [1.165, 1.54) is 18.1 Å².